The molecule has 0 bridgehead atoms. The third kappa shape index (κ3) is 40.6. The fourth-order valence-electron chi connectivity index (χ4n) is 5.48. The predicted octanol–water partition coefficient (Wildman–Crippen LogP) is 11.7. The van der Waals surface area contributed by atoms with Crippen molar-refractivity contribution >= 4 is 19.8 Å². The Kier molecular flexibility index (Phi) is 36.9. The van der Waals surface area contributed by atoms with Crippen molar-refractivity contribution in [1.82, 2.24) is 0 Å². The highest BCUT2D eigenvalue weighted by Gasteiger charge is 2.23. The molecule has 54 heavy (non-hydrogen) atoms. The van der Waals surface area contributed by atoms with E-state index in [4.69, 9.17) is 19.3 Å². The minimum Gasteiger partial charge on any atom is -0.462 e. The van der Waals surface area contributed by atoms with Crippen LogP contribution in [0.3, 0.4) is 0 Å². The second-order valence-corrected chi connectivity index (χ2v) is 15.0. The van der Waals surface area contributed by atoms with Gasteiger partial charge in [-0.3, -0.25) is 14.1 Å². The lowest BCUT2D eigenvalue weighted by molar-refractivity contribution is -0.161. The molecule has 0 radical (unpaired) electrons. The molecule has 0 amide bonds. The van der Waals surface area contributed by atoms with E-state index in [9.17, 15) is 19.3 Å². The average molecular weight is 779 g/mol. The van der Waals surface area contributed by atoms with Crippen LogP contribution in [0.25, 0.3) is 0 Å². The molecule has 0 aromatic heterocycles. The van der Waals surface area contributed by atoms with Crippen LogP contribution in [0.2, 0.25) is 0 Å². The lowest BCUT2D eigenvalue weighted by Gasteiger charge is -2.18. The zero-order valence-corrected chi connectivity index (χ0v) is 34.6. The van der Waals surface area contributed by atoms with Gasteiger partial charge in [-0.05, 0) is 44.9 Å². The molecular weight excluding hydrogens is 703 g/mol. The van der Waals surface area contributed by atoms with Crippen LogP contribution < -0.4 is 0 Å². The van der Waals surface area contributed by atoms with Gasteiger partial charge < -0.3 is 24.4 Å². The lowest BCUT2D eigenvalue weighted by atomic mass is 10.0. The SMILES string of the molecule is CC/C=C\C/C=C\C/C=C\C/C=C\C/C=C\C=C/C(O)CCC(=O)O[C@H](COC(=O)CCCCCCCCCCCCCCCCCC)COP(=O)(O)O. The van der Waals surface area contributed by atoms with Crippen molar-refractivity contribution in [1.29, 1.82) is 0 Å². The zero-order valence-electron chi connectivity index (χ0n) is 33.7. The molecule has 0 aliphatic heterocycles. The van der Waals surface area contributed by atoms with E-state index in [1.54, 1.807) is 12.2 Å². The first kappa shape index (κ1) is 51.5. The third-order valence-electron chi connectivity index (χ3n) is 8.61. The van der Waals surface area contributed by atoms with Gasteiger partial charge in [-0.2, -0.15) is 0 Å². The van der Waals surface area contributed by atoms with Crippen molar-refractivity contribution in [3.05, 3.63) is 72.9 Å². The van der Waals surface area contributed by atoms with E-state index in [1.807, 2.05) is 12.2 Å². The summed E-state index contributed by atoms with van der Waals surface area (Å²) in [6, 6.07) is 0. The molecule has 9 nitrogen and oxygen atoms in total. The Morgan fingerprint density at radius 1 is 0.574 bits per heavy atom. The maximum atomic E-state index is 12.4. The normalized spacial score (nSPS) is 13.8. The van der Waals surface area contributed by atoms with Gasteiger partial charge in [0.2, 0.25) is 0 Å². The number of phosphoric ester groups is 1. The average Bonchev–Trinajstić information content (AvgIpc) is 3.14. The highest BCUT2D eigenvalue weighted by atomic mass is 31.2. The minimum absolute atomic E-state index is 0.0884. The quantitative estimate of drug-likeness (QED) is 0.0185. The summed E-state index contributed by atoms with van der Waals surface area (Å²) in [6.07, 6.45) is 46.7. The van der Waals surface area contributed by atoms with E-state index < -0.39 is 38.6 Å². The first-order chi connectivity index (χ1) is 26.2. The molecule has 0 aromatic carbocycles. The molecule has 1 unspecified atom stereocenters. The van der Waals surface area contributed by atoms with E-state index in [0.29, 0.717) is 6.42 Å². The van der Waals surface area contributed by atoms with Crippen molar-refractivity contribution in [3.8, 4) is 0 Å². The summed E-state index contributed by atoms with van der Waals surface area (Å²) in [6.45, 7) is 3.37. The molecule has 2 atom stereocenters. The highest BCUT2D eigenvalue weighted by Crippen LogP contribution is 2.36. The Hall–Kier alpha value is -2.55. The van der Waals surface area contributed by atoms with Crippen LogP contribution >= 0.6 is 7.82 Å². The largest absolute Gasteiger partial charge is 0.469 e. The Morgan fingerprint density at radius 2 is 1.04 bits per heavy atom. The maximum Gasteiger partial charge on any atom is 0.469 e. The van der Waals surface area contributed by atoms with Gasteiger partial charge in [0.15, 0.2) is 6.10 Å². The number of allylic oxidation sites excluding steroid dienone is 11. The first-order valence-electron chi connectivity index (χ1n) is 20.8. The molecule has 0 heterocycles. The van der Waals surface area contributed by atoms with Gasteiger partial charge in [0.25, 0.3) is 0 Å². The monoisotopic (exact) mass is 779 g/mol. The minimum atomic E-state index is -4.82. The molecule has 310 valence electrons. The number of hydrogen-bond donors (Lipinski definition) is 3. The molecule has 0 saturated heterocycles. The van der Waals surface area contributed by atoms with Crippen LogP contribution in [-0.4, -0.2) is 52.3 Å². The summed E-state index contributed by atoms with van der Waals surface area (Å²) in [7, 11) is -4.82. The summed E-state index contributed by atoms with van der Waals surface area (Å²) in [5, 5.41) is 10.2. The van der Waals surface area contributed by atoms with Gasteiger partial charge in [-0.1, -0.05) is 183 Å². The van der Waals surface area contributed by atoms with Crippen LogP contribution in [0, 0.1) is 0 Å². The molecule has 0 aliphatic rings. The molecule has 10 heteroatoms. The number of rotatable bonds is 37. The smallest absolute Gasteiger partial charge is 0.462 e. The predicted molar refractivity (Wildman–Crippen MR) is 222 cm³/mol. The Bertz CT molecular complexity index is 1120. The van der Waals surface area contributed by atoms with Gasteiger partial charge in [0.1, 0.15) is 6.61 Å². The number of hydrogen-bond acceptors (Lipinski definition) is 7. The molecule has 0 fully saturated rings. The number of carbonyl (C=O) groups excluding carboxylic acids is 2. The van der Waals surface area contributed by atoms with E-state index in [1.165, 1.54) is 77.0 Å². The first-order valence-corrected chi connectivity index (χ1v) is 22.4. The summed E-state index contributed by atoms with van der Waals surface area (Å²) in [4.78, 5) is 42.9. The third-order valence-corrected chi connectivity index (χ3v) is 9.09. The Labute approximate surface area is 328 Å². The maximum absolute atomic E-state index is 12.4. The summed E-state index contributed by atoms with van der Waals surface area (Å²) in [5.74, 6) is -1.17. The van der Waals surface area contributed by atoms with Crippen molar-refractivity contribution in [2.75, 3.05) is 13.2 Å². The van der Waals surface area contributed by atoms with Gasteiger partial charge in [0.05, 0.1) is 12.7 Å². The molecular formula is C44H75O9P. The van der Waals surface area contributed by atoms with Gasteiger partial charge in [-0.25, -0.2) is 4.57 Å². The molecule has 0 rings (SSSR count). The van der Waals surface area contributed by atoms with Crippen LogP contribution in [0.15, 0.2) is 72.9 Å². The van der Waals surface area contributed by atoms with E-state index >= 15 is 0 Å². The number of carbonyl (C=O) groups is 2. The lowest BCUT2D eigenvalue weighted by Crippen LogP contribution is -2.29. The van der Waals surface area contributed by atoms with Gasteiger partial charge >= 0.3 is 19.8 Å². The fourth-order valence-corrected chi connectivity index (χ4v) is 5.84. The van der Waals surface area contributed by atoms with Crippen LogP contribution in [0.4, 0.5) is 0 Å². The van der Waals surface area contributed by atoms with Gasteiger partial charge in [-0.15, -0.1) is 0 Å². The van der Waals surface area contributed by atoms with Crippen molar-refractivity contribution in [2.24, 2.45) is 0 Å². The number of aliphatic hydroxyl groups excluding tert-OH is 1. The number of esters is 2. The topological polar surface area (TPSA) is 140 Å². The van der Waals surface area contributed by atoms with E-state index in [2.05, 4.69) is 67.0 Å². The second-order valence-electron chi connectivity index (χ2n) is 13.8. The number of unbranched alkanes of at least 4 members (excludes halogenated alkanes) is 15. The fraction of sp³-hybridized carbons (Fsp3) is 0.682. The molecule has 0 aromatic rings. The summed E-state index contributed by atoms with van der Waals surface area (Å²) >= 11 is 0. The standard InChI is InChI=1S/C44H75O9P/c1-3-5-7-9-11-13-15-17-19-21-23-25-27-29-31-33-35-41(45)37-38-44(47)53-42(40-52-54(48,49)50)39-51-43(46)36-34-32-30-28-26-24-22-20-18-16-14-12-10-8-6-4-2/h5,7,11,13,17,19,23,25,29,31,33,35,41-42,45H,3-4,6,8-10,12,14-16,18,20-22,24,26-28,30,32,34,36-40H2,1-2H3,(H2,48,49,50)/b7-5-,13-11-,19-17-,25-23-,31-29-,35-33-/t41?,42-/m1/s1. The molecule has 0 aliphatic carbocycles. The van der Waals surface area contributed by atoms with E-state index in [-0.39, 0.29) is 25.9 Å². The Morgan fingerprint density at radius 3 is 1.52 bits per heavy atom. The van der Waals surface area contributed by atoms with Crippen LogP contribution in [-0.2, 0) is 28.2 Å². The molecule has 0 saturated carbocycles. The highest BCUT2D eigenvalue weighted by molar-refractivity contribution is 7.46. The molecule has 3 N–H and O–H groups in total. The number of ether oxygens (including phenoxy) is 2. The molecule has 0 spiro atoms. The Balaban J connectivity index is 4.17. The van der Waals surface area contributed by atoms with E-state index in [0.717, 1.165) is 51.4 Å². The zero-order chi connectivity index (χ0) is 39.8. The second kappa shape index (κ2) is 38.7. The van der Waals surface area contributed by atoms with Crippen LogP contribution in [0.1, 0.15) is 168 Å². The number of phosphoric acid groups is 1. The van der Waals surface area contributed by atoms with Crippen LogP contribution in [0.5, 0.6) is 0 Å². The van der Waals surface area contributed by atoms with Crippen molar-refractivity contribution in [2.45, 2.75) is 180 Å². The summed E-state index contributed by atoms with van der Waals surface area (Å²) in [5.41, 5.74) is 0. The summed E-state index contributed by atoms with van der Waals surface area (Å²) < 4.78 is 26.2. The van der Waals surface area contributed by atoms with Crippen molar-refractivity contribution < 1.29 is 43.0 Å². The van der Waals surface area contributed by atoms with Crippen molar-refractivity contribution in [3.63, 3.8) is 0 Å². The van der Waals surface area contributed by atoms with Gasteiger partial charge in [0, 0.05) is 12.8 Å². The number of aliphatic hydroxyl groups is 1.